The Hall–Kier alpha value is -8.21. The third-order valence-electron chi connectivity index (χ3n) is 16.3. The zero-order valence-electron chi connectivity index (χ0n) is 39.7. The Morgan fingerprint density at radius 1 is 0.443 bits per heavy atom. The minimum absolute atomic E-state index is 0.00862. The average Bonchev–Trinajstić information content (AvgIpc) is 3.91. The Balaban J connectivity index is 1.12. The normalized spacial score (nSPS) is 20.3. The second-order valence-corrected chi connectivity index (χ2v) is 20.1. The number of hydrogen-bond acceptors (Lipinski definition) is 3. The zero-order chi connectivity index (χ0) is 46.9. The van der Waals surface area contributed by atoms with E-state index in [1.165, 1.54) is 71.9 Å². The third-order valence-corrected chi connectivity index (χ3v) is 16.3. The summed E-state index contributed by atoms with van der Waals surface area (Å²) in [7, 11) is 0. The Kier molecular flexibility index (Phi) is 8.83. The minimum atomic E-state index is -0.587. The van der Waals surface area contributed by atoms with Crippen LogP contribution in [0.4, 0.5) is 0 Å². The molecule has 0 spiro atoms. The van der Waals surface area contributed by atoms with Crippen LogP contribution in [0.5, 0.6) is 0 Å². The van der Waals surface area contributed by atoms with Gasteiger partial charge < -0.3 is 4.57 Å². The molecule has 0 saturated carbocycles. The van der Waals surface area contributed by atoms with Gasteiger partial charge in [0.1, 0.15) is 0 Å². The second kappa shape index (κ2) is 15.1. The van der Waals surface area contributed by atoms with Crippen LogP contribution in [0.1, 0.15) is 55.8 Å². The number of allylic oxidation sites excluding steroid dienone is 6. The maximum atomic E-state index is 5.69. The first kappa shape index (κ1) is 40.8. The van der Waals surface area contributed by atoms with E-state index in [9.17, 15) is 0 Å². The van der Waals surface area contributed by atoms with Gasteiger partial charge >= 0.3 is 0 Å². The second-order valence-electron chi connectivity index (χ2n) is 20.1. The number of benzene rings is 8. The van der Waals surface area contributed by atoms with Crippen LogP contribution in [0.2, 0.25) is 0 Å². The van der Waals surface area contributed by atoms with Gasteiger partial charge in [-0.2, -0.15) is 0 Å². The van der Waals surface area contributed by atoms with Gasteiger partial charge in [0.05, 0.1) is 22.0 Å². The molecule has 10 aromatic rings. The van der Waals surface area contributed by atoms with Crippen molar-refractivity contribution >= 4 is 27.4 Å². The molecule has 0 saturated heterocycles. The van der Waals surface area contributed by atoms with Gasteiger partial charge in [-0.05, 0) is 110 Å². The molecule has 2 aromatic heterocycles. The van der Waals surface area contributed by atoms with E-state index in [2.05, 4.69) is 245 Å². The lowest BCUT2D eigenvalue weighted by Gasteiger charge is -2.45. The first-order valence-electron chi connectivity index (χ1n) is 24.8. The molecule has 4 heteroatoms. The molecular formula is C66H50N4. The molecule has 334 valence electrons. The average molecular weight is 899 g/mol. The molecule has 15 rings (SSSR count). The predicted octanol–water partition coefficient (Wildman–Crippen LogP) is 15.9. The van der Waals surface area contributed by atoms with Crippen LogP contribution >= 0.6 is 0 Å². The highest BCUT2D eigenvalue weighted by molar-refractivity contribution is 6.10. The molecule has 4 unspecified atom stereocenters. The standard InChI is InChI=1S/C66H50N4/c1-40-34-35-65(4)61-42(3)51(36-41(2)60(40)61)63-67-62(45-30-28-44(29-31-45)43-18-8-5-9-19-43)68-64(69-63)55-38-53-49-24-14-16-26-56(49)66(47-20-10-6-11-21-47,48-22-12-7-13-23-48)57(53)39-52(55)46-32-33-59-54(37-46)50-25-15-17-27-58(50)70(59)65/h5-42H,1-4H3. The van der Waals surface area contributed by atoms with Gasteiger partial charge in [-0.3, -0.25) is 0 Å². The molecule has 8 aromatic carbocycles. The van der Waals surface area contributed by atoms with Gasteiger partial charge in [-0.1, -0.05) is 208 Å². The first-order chi connectivity index (χ1) is 34.3. The van der Waals surface area contributed by atoms with Crippen molar-refractivity contribution in [2.45, 2.75) is 38.6 Å². The predicted molar refractivity (Wildman–Crippen MR) is 287 cm³/mol. The molecule has 8 bridgehead atoms. The molecule has 0 N–H and O–H groups in total. The van der Waals surface area contributed by atoms with Crippen LogP contribution in [0.15, 0.2) is 223 Å². The van der Waals surface area contributed by atoms with Gasteiger partial charge in [-0.25, -0.2) is 15.0 Å². The largest absolute Gasteiger partial charge is 0.327 e. The van der Waals surface area contributed by atoms with Gasteiger partial charge in [0.25, 0.3) is 0 Å². The van der Waals surface area contributed by atoms with E-state index in [0.717, 1.165) is 39.2 Å². The topological polar surface area (TPSA) is 43.6 Å². The number of rotatable bonds is 4. The Morgan fingerprint density at radius 2 is 1.04 bits per heavy atom. The van der Waals surface area contributed by atoms with Crippen LogP contribution in [0, 0.1) is 17.8 Å². The Bertz CT molecular complexity index is 3840. The van der Waals surface area contributed by atoms with Crippen molar-refractivity contribution in [3.05, 3.63) is 252 Å². The van der Waals surface area contributed by atoms with E-state index < -0.39 is 11.0 Å². The van der Waals surface area contributed by atoms with Crippen molar-refractivity contribution in [1.29, 1.82) is 0 Å². The smallest absolute Gasteiger partial charge is 0.164 e. The first-order valence-corrected chi connectivity index (χ1v) is 24.8. The molecular weight excluding hydrogens is 849 g/mol. The van der Waals surface area contributed by atoms with Crippen LogP contribution in [0.3, 0.4) is 0 Å². The lowest BCUT2D eigenvalue weighted by atomic mass is 9.64. The van der Waals surface area contributed by atoms with E-state index in [1.807, 2.05) is 0 Å². The van der Waals surface area contributed by atoms with Crippen LogP contribution in [0.25, 0.3) is 83.5 Å². The summed E-state index contributed by atoms with van der Waals surface area (Å²) in [6.07, 6.45) is 7.38. The van der Waals surface area contributed by atoms with E-state index in [4.69, 9.17) is 15.0 Å². The molecule has 0 radical (unpaired) electrons. The maximum absolute atomic E-state index is 5.69. The molecule has 2 aliphatic heterocycles. The highest BCUT2D eigenvalue weighted by Gasteiger charge is 2.48. The van der Waals surface area contributed by atoms with Gasteiger partial charge in [0.15, 0.2) is 17.5 Å². The van der Waals surface area contributed by atoms with Crippen molar-refractivity contribution in [2.24, 2.45) is 17.8 Å². The number of aromatic nitrogens is 4. The maximum Gasteiger partial charge on any atom is 0.164 e. The molecule has 5 aliphatic rings. The van der Waals surface area contributed by atoms with Crippen molar-refractivity contribution in [3.63, 3.8) is 0 Å². The fraction of sp³-hybridized carbons (Fsp3) is 0.136. The Morgan fingerprint density at radius 3 is 1.80 bits per heavy atom. The van der Waals surface area contributed by atoms with Crippen LogP contribution in [-0.2, 0) is 11.0 Å². The lowest BCUT2D eigenvalue weighted by Crippen LogP contribution is -2.39. The molecule has 4 heterocycles. The number of fused-ring (bicyclic) bond motifs is 5. The summed E-state index contributed by atoms with van der Waals surface area (Å²) in [5.41, 5.74) is 19.3. The van der Waals surface area contributed by atoms with E-state index in [1.54, 1.807) is 0 Å². The minimum Gasteiger partial charge on any atom is -0.327 e. The lowest BCUT2D eigenvalue weighted by molar-refractivity contribution is 0.435. The van der Waals surface area contributed by atoms with E-state index >= 15 is 0 Å². The monoisotopic (exact) mass is 898 g/mol. The summed E-state index contributed by atoms with van der Waals surface area (Å²) in [5.74, 6) is 2.52. The highest BCUT2D eigenvalue weighted by atomic mass is 15.1. The van der Waals surface area contributed by atoms with Gasteiger partial charge in [0.2, 0.25) is 0 Å². The zero-order valence-corrected chi connectivity index (χ0v) is 39.7. The van der Waals surface area contributed by atoms with Crippen molar-refractivity contribution in [2.75, 3.05) is 0 Å². The SMILES string of the molecule is CC1C=CC2(C)C3=C1C(C)C=C(c1nc(-c4ccc(-c5ccccc5)cc4)nc(n1)-c1cc4c(cc1-c1ccc5c(c1)c1ccccc1n52)C(c1ccccc1)(c1ccccc1)c1ccccc1-4)C3C. The Labute approximate surface area is 409 Å². The van der Waals surface area contributed by atoms with E-state index in [0.29, 0.717) is 17.6 Å². The molecule has 70 heavy (non-hydrogen) atoms. The van der Waals surface area contributed by atoms with Crippen LogP contribution < -0.4 is 0 Å². The summed E-state index contributed by atoms with van der Waals surface area (Å²) in [6.45, 7) is 9.55. The number of para-hydroxylation sites is 1. The van der Waals surface area contributed by atoms with E-state index in [-0.39, 0.29) is 11.8 Å². The highest BCUT2D eigenvalue weighted by Crippen LogP contribution is 2.59. The van der Waals surface area contributed by atoms with Crippen molar-refractivity contribution in [1.82, 2.24) is 19.5 Å². The molecule has 4 nitrogen and oxygen atoms in total. The van der Waals surface area contributed by atoms with Crippen LogP contribution in [-0.4, -0.2) is 19.5 Å². The van der Waals surface area contributed by atoms with Crippen molar-refractivity contribution < 1.29 is 0 Å². The summed E-state index contributed by atoms with van der Waals surface area (Å²) in [4.78, 5) is 16.8. The summed E-state index contributed by atoms with van der Waals surface area (Å²) >= 11 is 0. The molecule has 0 amide bonds. The fourth-order valence-electron chi connectivity index (χ4n) is 13.3. The molecule has 3 aliphatic carbocycles. The number of hydrogen-bond donors (Lipinski definition) is 0. The summed E-state index contributed by atoms with van der Waals surface area (Å²) in [6, 6.07) is 71.5. The number of nitrogens with zero attached hydrogens (tertiary/aromatic N) is 4. The molecule has 0 fully saturated rings. The fourth-order valence-corrected chi connectivity index (χ4v) is 13.3. The van der Waals surface area contributed by atoms with Gasteiger partial charge in [0, 0.05) is 33.4 Å². The third kappa shape index (κ3) is 5.68. The summed E-state index contributed by atoms with van der Waals surface area (Å²) < 4.78 is 2.63. The quantitative estimate of drug-likeness (QED) is 0.165. The van der Waals surface area contributed by atoms with Crippen molar-refractivity contribution in [3.8, 4) is 56.2 Å². The summed E-state index contributed by atoms with van der Waals surface area (Å²) in [5, 5.41) is 2.48. The molecule has 4 atom stereocenters. The van der Waals surface area contributed by atoms with Gasteiger partial charge in [-0.15, -0.1) is 0 Å².